The highest BCUT2D eigenvalue weighted by atomic mass is 32.1. The molecule has 0 atom stereocenters. The number of likely N-dealkylation sites (tertiary alicyclic amines) is 1. The van der Waals surface area contributed by atoms with Crippen molar-refractivity contribution in [3.05, 3.63) is 65.7 Å². The molecule has 1 aromatic heterocycles. The van der Waals surface area contributed by atoms with E-state index in [0.29, 0.717) is 42.1 Å². The lowest BCUT2D eigenvalue weighted by Crippen LogP contribution is -2.41. The van der Waals surface area contributed by atoms with Gasteiger partial charge in [-0.1, -0.05) is 41.7 Å². The Labute approximate surface area is 175 Å². The first kappa shape index (κ1) is 20.1. The molecule has 0 bridgehead atoms. The minimum Gasteiger partial charge on any atom is -0.339 e. The molecule has 4 rings (SSSR count). The van der Waals surface area contributed by atoms with Crippen LogP contribution in [0.5, 0.6) is 0 Å². The van der Waals surface area contributed by atoms with Crippen LogP contribution in [0.2, 0.25) is 0 Å². The number of benzene rings is 2. The van der Waals surface area contributed by atoms with Gasteiger partial charge in [0.25, 0.3) is 5.91 Å². The van der Waals surface area contributed by atoms with Gasteiger partial charge in [-0.2, -0.15) is 0 Å². The number of nitrogens with one attached hydrogen (secondary N) is 1. The van der Waals surface area contributed by atoms with Gasteiger partial charge in [0, 0.05) is 30.6 Å². The van der Waals surface area contributed by atoms with Crippen LogP contribution in [0.1, 0.15) is 23.2 Å². The van der Waals surface area contributed by atoms with Gasteiger partial charge >= 0.3 is 0 Å². The summed E-state index contributed by atoms with van der Waals surface area (Å²) in [5.41, 5.74) is 0.761. The standard InChI is InChI=1S/C21H18F2N4O2S/c22-15-6-7-16(17(23)12-15)20(29)27-10-8-13(9-11-27)18(28)24-21-26-25-19(30-21)14-4-2-1-3-5-14/h1-7,12-13H,8-11H2,(H,24,26,28). The van der Waals surface area contributed by atoms with Gasteiger partial charge in [0.15, 0.2) is 0 Å². The minimum absolute atomic E-state index is 0.165. The SMILES string of the molecule is O=C(Nc1nnc(-c2ccccc2)s1)C1CCN(C(=O)c2ccc(F)cc2F)CC1. The van der Waals surface area contributed by atoms with Gasteiger partial charge in [-0.15, -0.1) is 10.2 Å². The largest absolute Gasteiger partial charge is 0.339 e. The van der Waals surface area contributed by atoms with Gasteiger partial charge < -0.3 is 10.2 Å². The van der Waals surface area contributed by atoms with E-state index in [0.717, 1.165) is 17.7 Å². The van der Waals surface area contributed by atoms with E-state index in [1.165, 1.54) is 16.2 Å². The van der Waals surface area contributed by atoms with Crippen LogP contribution in [0.15, 0.2) is 48.5 Å². The van der Waals surface area contributed by atoms with Crippen LogP contribution in [0.3, 0.4) is 0 Å². The highest BCUT2D eigenvalue weighted by Gasteiger charge is 2.29. The summed E-state index contributed by atoms with van der Waals surface area (Å²) in [4.78, 5) is 26.5. The molecule has 0 saturated carbocycles. The number of hydrogen-bond donors (Lipinski definition) is 1. The van der Waals surface area contributed by atoms with E-state index in [9.17, 15) is 18.4 Å². The number of carbonyl (C=O) groups excluding carboxylic acids is 2. The summed E-state index contributed by atoms with van der Waals surface area (Å²) < 4.78 is 26.9. The lowest BCUT2D eigenvalue weighted by Gasteiger charge is -2.31. The molecule has 2 amide bonds. The molecule has 3 aromatic rings. The monoisotopic (exact) mass is 428 g/mol. The first-order valence-electron chi connectivity index (χ1n) is 9.45. The summed E-state index contributed by atoms with van der Waals surface area (Å²) in [6.45, 7) is 0.637. The van der Waals surface area contributed by atoms with Crippen LogP contribution in [-0.4, -0.2) is 40.0 Å². The van der Waals surface area contributed by atoms with Gasteiger partial charge in [0.05, 0.1) is 5.56 Å². The van der Waals surface area contributed by atoms with Crippen LogP contribution in [0.25, 0.3) is 10.6 Å². The van der Waals surface area contributed by atoms with Crippen molar-refractivity contribution in [1.82, 2.24) is 15.1 Å². The summed E-state index contributed by atoms with van der Waals surface area (Å²) in [5.74, 6) is -2.57. The summed E-state index contributed by atoms with van der Waals surface area (Å²) in [6, 6.07) is 12.5. The lowest BCUT2D eigenvalue weighted by atomic mass is 9.95. The van der Waals surface area contributed by atoms with Crippen LogP contribution in [-0.2, 0) is 4.79 Å². The number of rotatable bonds is 4. The molecule has 1 aliphatic rings. The fraction of sp³-hybridized carbons (Fsp3) is 0.238. The van der Waals surface area contributed by atoms with Crippen LogP contribution in [0.4, 0.5) is 13.9 Å². The topological polar surface area (TPSA) is 75.2 Å². The highest BCUT2D eigenvalue weighted by Crippen LogP contribution is 2.27. The molecule has 1 aliphatic heterocycles. The Morgan fingerprint density at radius 2 is 1.77 bits per heavy atom. The summed E-state index contributed by atoms with van der Waals surface area (Å²) in [6.07, 6.45) is 0.898. The molecule has 0 radical (unpaired) electrons. The van der Waals surface area contributed by atoms with E-state index >= 15 is 0 Å². The van der Waals surface area contributed by atoms with Crippen molar-refractivity contribution in [3.8, 4) is 10.6 Å². The number of aromatic nitrogens is 2. The molecule has 0 unspecified atom stereocenters. The second-order valence-corrected chi connectivity index (χ2v) is 7.94. The smallest absolute Gasteiger partial charge is 0.256 e. The number of halogens is 2. The molecule has 0 aliphatic carbocycles. The number of amides is 2. The molecule has 30 heavy (non-hydrogen) atoms. The maximum absolute atomic E-state index is 13.9. The van der Waals surface area contributed by atoms with E-state index in [-0.39, 0.29) is 17.4 Å². The number of carbonyl (C=O) groups is 2. The first-order valence-corrected chi connectivity index (χ1v) is 10.3. The molecule has 154 valence electrons. The normalized spacial score (nSPS) is 14.5. The number of nitrogens with zero attached hydrogens (tertiary/aromatic N) is 3. The summed E-state index contributed by atoms with van der Waals surface area (Å²) >= 11 is 1.29. The van der Waals surface area contributed by atoms with Crippen LogP contribution in [0, 0.1) is 17.6 Å². The maximum Gasteiger partial charge on any atom is 0.256 e. The quantitative estimate of drug-likeness (QED) is 0.682. The maximum atomic E-state index is 13.9. The Bertz CT molecular complexity index is 1070. The molecule has 2 heterocycles. The Morgan fingerprint density at radius 3 is 2.47 bits per heavy atom. The number of piperidine rings is 1. The fourth-order valence-corrected chi connectivity index (χ4v) is 4.11. The highest BCUT2D eigenvalue weighted by molar-refractivity contribution is 7.18. The fourth-order valence-electron chi connectivity index (χ4n) is 3.36. The molecular weight excluding hydrogens is 410 g/mol. The first-order chi connectivity index (χ1) is 14.5. The molecule has 2 aromatic carbocycles. The van der Waals surface area contributed by atoms with Crippen molar-refractivity contribution >= 4 is 28.3 Å². The summed E-state index contributed by atoms with van der Waals surface area (Å²) in [5, 5.41) is 12.1. The average Bonchev–Trinajstić information content (AvgIpc) is 3.22. The van der Waals surface area contributed by atoms with Crippen LogP contribution >= 0.6 is 11.3 Å². The van der Waals surface area contributed by atoms with Gasteiger partial charge in [-0.25, -0.2) is 8.78 Å². The summed E-state index contributed by atoms with van der Waals surface area (Å²) in [7, 11) is 0. The van der Waals surface area contributed by atoms with Crippen LogP contribution < -0.4 is 5.32 Å². The van der Waals surface area contributed by atoms with Gasteiger partial charge in [-0.05, 0) is 25.0 Å². The van der Waals surface area contributed by atoms with Crippen molar-refractivity contribution in [1.29, 1.82) is 0 Å². The second-order valence-electron chi connectivity index (χ2n) is 6.96. The number of anilines is 1. The van der Waals surface area contributed by atoms with Crippen molar-refractivity contribution in [3.63, 3.8) is 0 Å². The Kier molecular flexibility index (Phi) is 5.80. The zero-order chi connectivity index (χ0) is 21.1. The molecule has 0 spiro atoms. The van der Waals surface area contributed by atoms with E-state index in [1.54, 1.807) is 0 Å². The third-order valence-electron chi connectivity index (χ3n) is 4.99. The van der Waals surface area contributed by atoms with Crippen molar-refractivity contribution < 1.29 is 18.4 Å². The Balaban J connectivity index is 1.33. The van der Waals surface area contributed by atoms with E-state index < -0.39 is 17.5 Å². The Hall–Kier alpha value is -3.20. The van der Waals surface area contributed by atoms with Crippen molar-refractivity contribution in [2.45, 2.75) is 12.8 Å². The molecule has 1 saturated heterocycles. The molecule has 6 nitrogen and oxygen atoms in total. The predicted octanol–water partition coefficient (Wildman–Crippen LogP) is 3.97. The molecule has 9 heteroatoms. The Morgan fingerprint density at radius 1 is 1.03 bits per heavy atom. The molecule has 1 N–H and O–H groups in total. The molecular formula is C21H18F2N4O2S. The zero-order valence-corrected chi connectivity index (χ0v) is 16.7. The minimum atomic E-state index is -0.884. The van der Waals surface area contributed by atoms with E-state index in [4.69, 9.17) is 0 Å². The average molecular weight is 428 g/mol. The predicted molar refractivity (Wildman–Crippen MR) is 109 cm³/mol. The zero-order valence-electron chi connectivity index (χ0n) is 15.8. The van der Waals surface area contributed by atoms with Gasteiger partial charge in [0.1, 0.15) is 16.6 Å². The lowest BCUT2D eigenvalue weighted by molar-refractivity contribution is -0.121. The second kappa shape index (κ2) is 8.66. The molecule has 1 fully saturated rings. The van der Waals surface area contributed by atoms with E-state index in [1.807, 2.05) is 30.3 Å². The van der Waals surface area contributed by atoms with Crippen molar-refractivity contribution in [2.24, 2.45) is 5.92 Å². The van der Waals surface area contributed by atoms with Gasteiger partial charge in [0.2, 0.25) is 11.0 Å². The van der Waals surface area contributed by atoms with E-state index in [2.05, 4.69) is 15.5 Å². The third-order valence-corrected chi connectivity index (χ3v) is 5.88. The van der Waals surface area contributed by atoms with Crippen molar-refractivity contribution in [2.75, 3.05) is 18.4 Å². The number of hydrogen-bond acceptors (Lipinski definition) is 5. The third kappa shape index (κ3) is 4.35. The van der Waals surface area contributed by atoms with Gasteiger partial charge in [-0.3, -0.25) is 9.59 Å².